The number of amides is 7. The number of carbonyl (C=O) groups excluding carboxylic acids is 10. The van der Waals surface area contributed by atoms with E-state index in [-0.39, 0.29) is 45.2 Å². The summed E-state index contributed by atoms with van der Waals surface area (Å²) in [5.41, 5.74) is 3.64. The fourth-order valence-electron chi connectivity index (χ4n) is 10.5. The molecule has 6 N–H and O–H groups in total. The number of hydrogen-bond acceptors (Lipinski definition) is 18. The molecule has 3 saturated heterocycles. The molecule has 81 heavy (non-hydrogen) atoms. The van der Waals surface area contributed by atoms with Crippen molar-refractivity contribution in [3.8, 4) is 0 Å². The lowest BCUT2D eigenvalue weighted by Crippen LogP contribution is -2.59. The highest BCUT2D eigenvalue weighted by Gasteiger charge is 2.47. The van der Waals surface area contributed by atoms with E-state index >= 15 is 0 Å². The van der Waals surface area contributed by atoms with E-state index in [1.807, 2.05) is 47.1 Å². The normalized spacial score (nSPS) is 23.2. The van der Waals surface area contributed by atoms with Crippen molar-refractivity contribution in [2.45, 2.75) is 108 Å². The van der Waals surface area contributed by atoms with Crippen molar-refractivity contribution in [3.05, 3.63) is 64.7 Å². The number of aryl methyl sites for hydroxylation is 1. The quantitative estimate of drug-likeness (QED) is 0.0579. The molecule has 28 heteroatoms. The maximum atomic E-state index is 14.5. The zero-order chi connectivity index (χ0) is 58.5. The lowest BCUT2D eigenvalue weighted by atomic mass is 9.96. The van der Waals surface area contributed by atoms with Crippen LogP contribution in [0.3, 0.4) is 0 Å². The van der Waals surface area contributed by atoms with Gasteiger partial charge in [0.1, 0.15) is 30.2 Å². The van der Waals surface area contributed by atoms with E-state index in [2.05, 4.69) is 31.5 Å². The van der Waals surface area contributed by atoms with Crippen molar-refractivity contribution in [1.82, 2.24) is 46.2 Å². The Labute approximate surface area is 472 Å². The van der Waals surface area contributed by atoms with Crippen LogP contribution < -0.4 is 31.5 Å². The molecule has 0 saturated carbocycles. The number of hydrogen-bond donors (Lipinski definition) is 6. The number of cyclic esters (lactones) is 1. The lowest BCUT2D eigenvalue weighted by molar-refractivity contribution is -0.160. The van der Waals surface area contributed by atoms with Gasteiger partial charge in [-0.15, -0.1) is 0 Å². The first kappa shape index (κ1) is 61.5. The Morgan fingerprint density at radius 1 is 0.815 bits per heavy atom. The second-order valence-corrected chi connectivity index (χ2v) is 21.8. The molecule has 5 aliphatic heterocycles. The maximum absolute atomic E-state index is 14.5. The summed E-state index contributed by atoms with van der Waals surface area (Å²) >= 11 is -3.93. The number of halogens is 1. The third-order valence-corrected chi connectivity index (χ3v) is 16.0. The van der Waals surface area contributed by atoms with Gasteiger partial charge in [-0.25, -0.2) is 0 Å². The Hall–Kier alpha value is -7.09. The predicted molar refractivity (Wildman–Crippen MR) is 283 cm³/mol. The van der Waals surface area contributed by atoms with Gasteiger partial charge in [-0.05, 0) is 47.4 Å². The second-order valence-electron chi connectivity index (χ2n) is 20.8. The molecule has 3 fully saturated rings. The van der Waals surface area contributed by atoms with Crippen molar-refractivity contribution < 1.29 is 78.4 Å². The molecule has 0 aliphatic carbocycles. The fraction of sp³-hybridized carbons (Fsp3) is 0.566. The number of anilines is 1. The van der Waals surface area contributed by atoms with Crippen LogP contribution in [0.2, 0.25) is 0 Å². The van der Waals surface area contributed by atoms with E-state index in [9.17, 15) is 61.4 Å². The van der Waals surface area contributed by atoms with E-state index in [0.29, 0.717) is 69.9 Å². The average Bonchev–Trinajstić information content (AvgIpc) is 3.81. The number of ether oxygens (including phenoxy) is 2. The van der Waals surface area contributed by atoms with E-state index in [0.717, 1.165) is 16.7 Å². The predicted octanol–water partition coefficient (Wildman–Crippen LogP) is -2.05. The molecule has 4 unspecified atom stereocenters. The minimum Gasteiger partial charge on any atom is -0.558 e. The Morgan fingerprint density at radius 3 is 2.10 bits per heavy atom. The number of carboxylic acid groups (broad SMARTS) is 1. The monoisotopic (exact) mass is 1150 g/mol. The van der Waals surface area contributed by atoms with Crippen LogP contribution in [0, 0.1) is 5.92 Å². The van der Waals surface area contributed by atoms with Crippen LogP contribution in [0.15, 0.2) is 42.5 Å². The topological polar surface area (TPSA) is 321 Å². The van der Waals surface area contributed by atoms with Gasteiger partial charge in [-0.1, -0.05) is 62.7 Å². The Kier molecular flexibility index (Phi) is 21.7. The number of nitrogens with zero attached hydrogens (tertiary/aromatic N) is 5. The fourth-order valence-corrected chi connectivity index (χ4v) is 11.2. The summed E-state index contributed by atoms with van der Waals surface area (Å²) in [5, 5.41) is 22.4. The lowest BCUT2D eigenvalue weighted by Gasteiger charge is -2.34. The van der Waals surface area contributed by atoms with Gasteiger partial charge in [-0.3, -0.25) is 72.3 Å². The van der Waals surface area contributed by atoms with E-state index in [4.69, 9.17) is 17.1 Å². The zero-order valence-electron chi connectivity index (χ0n) is 45.8. The SMILES string of the molecule is CC[C@H](C)[C@@H](C(=O)N[C@H]1CCc2cccc3c2N(C1=O)[C@H](C(=O)NC1CC(=O)OC1OC)C3)N(C)C(=O)CNC(=O)CNC(=O)[C@H](CCC(=O)O)NC(=O)Cc1ccc(CN2CCN3CCN(CC2)CC(=O)[O][Al]([F])[O]C(=O)C3)cc1. The van der Waals surface area contributed by atoms with Gasteiger partial charge in [0, 0.05) is 72.8 Å². The van der Waals surface area contributed by atoms with Gasteiger partial charge in [0.25, 0.3) is 11.9 Å². The molecular formula is C53H70AlFN10O16. The number of methoxy groups -OCH3 is 1. The number of esters is 1. The molecule has 2 aromatic carbocycles. The molecule has 26 nitrogen and oxygen atoms in total. The van der Waals surface area contributed by atoms with E-state index in [1.165, 1.54) is 24.0 Å². The first-order valence-electron chi connectivity index (χ1n) is 27.1. The van der Waals surface area contributed by atoms with Crippen molar-refractivity contribution in [3.63, 3.8) is 0 Å². The van der Waals surface area contributed by atoms with Crippen LogP contribution >= 0.6 is 0 Å². The van der Waals surface area contributed by atoms with E-state index in [1.54, 1.807) is 19.1 Å². The van der Waals surface area contributed by atoms with E-state index < -0.39 is 142 Å². The molecule has 5 aliphatic rings. The van der Waals surface area contributed by atoms with Crippen molar-refractivity contribution >= 4 is 86.2 Å². The molecule has 7 rings (SSSR count). The number of carbonyl (C=O) groups is 11. The van der Waals surface area contributed by atoms with Crippen molar-refractivity contribution in [1.29, 1.82) is 0 Å². The Balaban J connectivity index is 0.891. The average molecular weight is 1150 g/mol. The van der Waals surface area contributed by atoms with Crippen LogP contribution in [-0.2, 0) is 95.6 Å². The molecule has 2 bridgehead atoms. The maximum Gasteiger partial charge on any atom is 1.15 e. The largest absolute Gasteiger partial charge is 1.15 e. The number of carboxylic acids is 1. The van der Waals surface area contributed by atoms with Crippen molar-refractivity contribution in [2.24, 2.45) is 5.92 Å². The third-order valence-electron chi connectivity index (χ3n) is 15.1. The number of benzene rings is 2. The summed E-state index contributed by atoms with van der Waals surface area (Å²) in [7, 11) is 2.73. The summed E-state index contributed by atoms with van der Waals surface area (Å²) in [5.74, 6) is -8.41. The molecule has 438 valence electrons. The summed E-state index contributed by atoms with van der Waals surface area (Å²) in [4.78, 5) is 152. The van der Waals surface area contributed by atoms with Crippen LogP contribution in [0.4, 0.5) is 9.21 Å². The van der Waals surface area contributed by atoms with Gasteiger partial charge < -0.3 is 57.2 Å². The summed E-state index contributed by atoms with van der Waals surface area (Å²) in [6.07, 6.45) is -0.879. The molecule has 2 aromatic rings. The Morgan fingerprint density at radius 2 is 1.46 bits per heavy atom. The first-order valence-corrected chi connectivity index (χ1v) is 28.4. The summed E-state index contributed by atoms with van der Waals surface area (Å²) in [6, 6.07) is 7.32. The number of nitrogens with one attached hydrogen (secondary N) is 5. The number of fused-ring (bicyclic) bond motifs is 3. The van der Waals surface area contributed by atoms with Gasteiger partial charge in [-0.2, -0.15) is 0 Å². The highest BCUT2D eigenvalue weighted by atomic mass is 27.3. The van der Waals surface area contributed by atoms with Gasteiger partial charge >= 0.3 is 27.2 Å². The highest BCUT2D eigenvalue weighted by molar-refractivity contribution is 6.41. The minimum absolute atomic E-state index is 0.116. The molecule has 9 atom stereocenters. The molecule has 0 aromatic heterocycles. The minimum atomic E-state index is -3.93. The summed E-state index contributed by atoms with van der Waals surface area (Å²) in [6.45, 7) is 5.52. The number of para-hydroxylation sites is 1. The van der Waals surface area contributed by atoms with Crippen LogP contribution in [0.1, 0.15) is 68.2 Å². The van der Waals surface area contributed by atoms with Gasteiger partial charge in [0.2, 0.25) is 47.6 Å². The summed E-state index contributed by atoms with van der Waals surface area (Å²) < 4.78 is 33.9. The number of aliphatic carboxylic acids is 1. The molecule has 0 radical (unpaired) electrons. The van der Waals surface area contributed by atoms with Crippen molar-refractivity contribution in [2.75, 3.05) is 84.5 Å². The second kappa shape index (κ2) is 28.6. The standard InChI is InChI=1S/C53H72N10O16.Al.FH/c1-5-31(2)47(51(76)57-37-14-13-34-7-6-8-35-24-39(63(48(34)35)52(37)77)50(75)58-38-25-46(73)79-53(38)78-4)59(3)42(66)27-54-41(65)26-55-49(74)36(15-16-43(67)68)56-40(64)23-32-9-11-33(12-10-32)28-60-17-19-61(29-44(69)70)21-22-62(20-18-60)30-45(71)72;;/h6-12,31,36-39,47,53H,5,13-30H2,1-4H3,(H,54,65)(H,55,74)(H,56,64)(H,57,76)(H,58,75)(H,67,68)(H,69,70)(H,71,72);;1H/q;+3;/p-3/t31-,36-,37-,38?,39-,47-,53?;;/m0../s1. The van der Waals surface area contributed by atoms with Crippen LogP contribution in [0.5, 0.6) is 0 Å². The molecule has 7 amide bonds. The molecule has 0 spiro atoms. The third kappa shape index (κ3) is 16.8. The highest BCUT2D eigenvalue weighted by Crippen LogP contribution is 2.39. The van der Waals surface area contributed by atoms with Gasteiger partial charge in [0.05, 0.1) is 44.7 Å². The van der Waals surface area contributed by atoms with Crippen LogP contribution in [-0.4, -0.2) is 221 Å². The van der Waals surface area contributed by atoms with Gasteiger partial charge in [0.15, 0.2) is 0 Å². The first-order chi connectivity index (χ1) is 38.7. The number of likely N-dealkylation sites (N-methyl/N-ethyl adjacent to an activating group) is 1. The smallest absolute Gasteiger partial charge is 0.558 e. The molecular weight excluding hydrogens is 1080 g/mol. The van der Waals surface area contributed by atoms with Crippen LogP contribution in [0.25, 0.3) is 0 Å². The zero-order valence-corrected chi connectivity index (χ0v) is 46.9. The number of rotatable bonds is 21. The Bertz CT molecular complexity index is 2670. The molecule has 5 heterocycles.